The van der Waals surface area contributed by atoms with Crippen molar-refractivity contribution in [1.82, 2.24) is 10.2 Å². The predicted molar refractivity (Wildman–Crippen MR) is 60.6 cm³/mol. The summed E-state index contributed by atoms with van der Waals surface area (Å²) in [5.74, 6) is 1.50. The van der Waals surface area contributed by atoms with Gasteiger partial charge in [0.15, 0.2) is 0 Å². The van der Waals surface area contributed by atoms with Gasteiger partial charge in [0.05, 0.1) is 5.92 Å². The molecular formula is C12H22N2O. The molecule has 1 atom stereocenters. The summed E-state index contributed by atoms with van der Waals surface area (Å²) >= 11 is 0. The van der Waals surface area contributed by atoms with Gasteiger partial charge in [0.25, 0.3) is 0 Å². The maximum Gasteiger partial charge on any atom is 0.226 e. The average molecular weight is 210 g/mol. The summed E-state index contributed by atoms with van der Waals surface area (Å²) in [5, 5.41) is 3.25. The van der Waals surface area contributed by atoms with Crippen LogP contribution in [0.4, 0.5) is 0 Å². The zero-order valence-corrected chi connectivity index (χ0v) is 9.67. The minimum Gasteiger partial charge on any atom is -0.345 e. The van der Waals surface area contributed by atoms with Crippen molar-refractivity contribution in [1.29, 1.82) is 0 Å². The lowest BCUT2D eigenvalue weighted by molar-refractivity contribution is -0.133. The third-order valence-corrected chi connectivity index (χ3v) is 3.88. The molecule has 1 saturated carbocycles. The first kappa shape index (κ1) is 10.9. The zero-order chi connectivity index (χ0) is 10.7. The van der Waals surface area contributed by atoms with Crippen LogP contribution in [0.5, 0.6) is 0 Å². The van der Waals surface area contributed by atoms with Crippen molar-refractivity contribution in [2.75, 3.05) is 26.7 Å². The molecule has 0 spiro atoms. The molecule has 1 N–H and O–H groups in total. The summed E-state index contributed by atoms with van der Waals surface area (Å²) < 4.78 is 0. The Bertz CT molecular complexity index is 220. The number of carbonyl (C=O) groups excluding carboxylic acids is 1. The van der Waals surface area contributed by atoms with E-state index in [0.29, 0.717) is 5.91 Å². The van der Waals surface area contributed by atoms with Crippen LogP contribution in [0.1, 0.15) is 32.1 Å². The third-order valence-electron chi connectivity index (χ3n) is 3.88. The first-order valence-corrected chi connectivity index (χ1v) is 6.23. The molecule has 3 heteroatoms. The first-order chi connectivity index (χ1) is 7.27. The minimum atomic E-state index is 0.247. The van der Waals surface area contributed by atoms with E-state index in [9.17, 15) is 4.79 Å². The number of nitrogens with zero attached hydrogens (tertiary/aromatic N) is 1. The average Bonchev–Trinajstić information content (AvgIpc) is 2.66. The Hall–Kier alpha value is -0.570. The molecule has 0 bridgehead atoms. The highest BCUT2D eigenvalue weighted by molar-refractivity contribution is 5.79. The monoisotopic (exact) mass is 210 g/mol. The minimum absolute atomic E-state index is 0.247. The van der Waals surface area contributed by atoms with E-state index in [2.05, 4.69) is 5.32 Å². The van der Waals surface area contributed by atoms with E-state index in [1.807, 2.05) is 11.9 Å². The summed E-state index contributed by atoms with van der Waals surface area (Å²) in [4.78, 5) is 13.9. The van der Waals surface area contributed by atoms with E-state index in [-0.39, 0.29) is 5.92 Å². The maximum atomic E-state index is 12.0. The van der Waals surface area contributed by atoms with Gasteiger partial charge in [-0.2, -0.15) is 0 Å². The third kappa shape index (κ3) is 2.71. The van der Waals surface area contributed by atoms with E-state index in [1.54, 1.807) is 0 Å². The number of hydrogen-bond acceptors (Lipinski definition) is 2. The molecule has 3 nitrogen and oxygen atoms in total. The molecule has 1 amide bonds. The molecule has 2 aliphatic rings. The molecule has 1 aliphatic carbocycles. The lowest BCUT2D eigenvalue weighted by Crippen LogP contribution is -2.35. The highest BCUT2D eigenvalue weighted by Gasteiger charge is 2.26. The van der Waals surface area contributed by atoms with Gasteiger partial charge in [-0.15, -0.1) is 0 Å². The van der Waals surface area contributed by atoms with E-state index < -0.39 is 0 Å². The van der Waals surface area contributed by atoms with Crippen LogP contribution in [0.2, 0.25) is 0 Å². The summed E-state index contributed by atoms with van der Waals surface area (Å²) in [6.07, 6.45) is 6.39. The van der Waals surface area contributed by atoms with Crippen molar-refractivity contribution in [2.45, 2.75) is 32.1 Å². The number of amides is 1. The first-order valence-electron chi connectivity index (χ1n) is 6.23. The molecule has 15 heavy (non-hydrogen) atoms. The second-order valence-corrected chi connectivity index (χ2v) is 5.04. The SMILES string of the molecule is CN(CCC1CCC1)C(=O)C1CCNC1. The van der Waals surface area contributed by atoms with Crippen LogP contribution in [0.3, 0.4) is 0 Å². The van der Waals surface area contributed by atoms with Crippen LogP contribution in [0.25, 0.3) is 0 Å². The molecule has 1 aliphatic heterocycles. The van der Waals surface area contributed by atoms with E-state index in [0.717, 1.165) is 32.0 Å². The molecule has 0 aromatic rings. The van der Waals surface area contributed by atoms with E-state index >= 15 is 0 Å². The fourth-order valence-corrected chi connectivity index (χ4v) is 2.44. The number of nitrogens with one attached hydrogen (secondary N) is 1. The Kier molecular flexibility index (Phi) is 3.62. The van der Waals surface area contributed by atoms with Gasteiger partial charge in [-0.1, -0.05) is 19.3 Å². The van der Waals surface area contributed by atoms with Crippen molar-refractivity contribution >= 4 is 5.91 Å². The maximum absolute atomic E-state index is 12.0. The van der Waals surface area contributed by atoms with E-state index in [4.69, 9.17) is 0 Å². The van der Waals surface area contributed by atoms with Crippen LogP contribution in [0.15, 0.2) is 0 Å². The van der Waals surface area contributed by atoms with Gasteiger partial charge in [-0.3, -0.25) is 4.79 Å². The van der Waals surface area contributed by atoms with Crippen molar-refractivity contribution in [3.63, 3.8) is 0 Å². The lowest BCUT2D eigenvalue weighted by Gasteiger charge is -2.28. The standard InChI is InChI=1S/C12H22N2O/c1-14(8-6-10-3-2-4-10)12(15)11-5-7-13-9-11/h10-11,13H,2-9H2,1H3. The fourth-order valence-electron chi connectivity index (χ4n) is 2.44. The Morgan fingerprint density at radius 2 is 2.20 bits per heavy atom. The number of carbonyl (C=O) groups is 1. The molecule has 2 fully saturated rings. The van der Waals surface area contributed by atoms with Gasteiger partial charge in [0, 0.05) is 20.1 Å². The van der Waals surface area contributed by atoms with E-state index in [1.165, 1.54) is 25.7 Å². The summed E-state index contributed by atoms with van der Waals surface area (Å²) in [7, 11) is 1.96. The van der Waals surface area contributed by atoms with Gasteiger partial charge in [-0.05, 0) is 25.3 Å². The van der Waals surface area contributed by atoms with Crippen LogP contribution in [0, 0.1) is 11.8 Å². The second kappa shape index (κ2) is 4.97. The Morgan fingerprint density at radius 1 is 1.40 bits per heavy atom. The van der Waals surface area contributed by atoms with Crippen LogP contribution >= 0.6 is 0 Å². The number of hydrogen-bond donors (Lipinski definition) is 1. The summed E-state index contributed by atoms with van der Waals surface area (Å²) in [5.41, 5.74) is 0. The Balaban J connectivity index is 1.68. The van der Waals surface area contributed by atoms with Crippen LogP contribution < -0.4 is 5.32 Å². The van der Waals surface area contributed by atoms with Gasteiger partial charge in [0.2, 0.25) is 5.91 Å². The second-order valence-electron chi connectivity index (χ2n) is 5.04. The van der Waals surface area contributed by atoms with Crippen LogP contribution in [-0.2, 0) is 4.79 Å². The topological polar surface area (TPSA) is 32.3 Å². The Morgan fingerprint density at radius 3 is 2.73 bits per heavy atom. The highest BCUT2D eigenvalue weighted by atomic mass is 16.2. The molecule has 0 radical (unpaired) electrons. The normalized spacial score (nSPS) is 26.3. The number of rotatable bonds is 4. The van der Waals surface area contributed by atoms with Crippen LogP contribution in [-0.4, -0.2) is 37.5 Å². The van der Waals surface area contributed by atoms with Gasteiger partial charge in [0.1, 0.15) is 0 Å². The lowest BCUT2D eigenvalue weighted by atomic mass is 9.83. The molecular weight excluding hydrogens is 188 g/mol. The van der Waals surface area contributed by atoms with Crippen molar-refractivity contribution in [2.24, 2.45) is 11.8 Å². The quantitative estimate of drug-likeness (QED) is 0.757. The zero-order valence-electron chi connectivity index (χ0n) is 9.67. The molecule has 0 aromatic carbocycles. The fraction of sp³-hybridized carbons (Fsp3) is 0.917. The molecule has 0 aromatic heterocycles. The molecule has 1 saturated heterocycles. The molecule has 1 heterocycles. The molecule has 1 unspecified atom stereocenters. The van der Waals surface area contributed by atoms with Crippen molar-refractivity contribution in [3.05, 3.63) is 0 Å². The summed E-state index contributed by atoms with van der Waals surface area (Å²) in [6, 6.07) is 0. The van der Waals surface area contributed by atoms with Crippen molar-refractivity contribution in [3.8, 4) is 0 Å². The van der Waals surface area contributed by atoms with Crippen molar-refractivity contribution < 1.29 is 4.79 Å². The van der Waals surface area contributed by atoms with Gasteiger partial charge >= 0.3 is 0 Å². The highest BCUT2D eigenvalue weighted by Crippen LogP contribution is 2.29. The van der Waals surface area contributed by atoms with Gasteiger partial charge in [-0.25, -0.2) is 0 Å². The summed E-state index contributed by atoms with van der Waals surface area (Å²) in [6.45, 7) is 2.85. The Labute approximate surface area is 92.2 Å². The largest absolute Gasteiger partial charge is 0.345 e. The smallest absolute Gasteiger partial charge is 0.226 e. The predicted octanol–water partition coefficient (Wildman–Crippen LogP) is 1.24. The molecule has 2 rings (SSSR count). The molecule has 86 valence electrons. The van der Waals surface area contributed by atoms with Gasteiger partial charge < -0.3 is 10.2 Å².